The number of hydrogen-bond donors (Lipinski definition) is 0. The Balaban J connectivity index is 0.983. The van der Waals surface area contributed by atoms with Crippen LogP contribution in [0.3, 0.4) is 0 Å². The van der Waals surface area contributed by atoms with E-state index in [1.807, 2.05) is 6.07 Å². The average molecular weight is 892 g/mol. The zero-order chi connectivity index (χ0) is 45.9. The molecule has 3 nitrogen and oxygen atoms in total. The van der Waals surface area contributed by atoms with Gasteiger partial charge in [-0.3, -0.25) is 0 Å². The van der Waals surface area contributed by atoms with E-state index in [1.54, 1.807) is 0 Å². The average Bonchev–Trinajstić information content (AvgIpc) is 4.16. The second-order valence-corrected chi connectivity index (χ2v) is 18.7. The minimum atomic E-state index is -0.483. The summed E-state index contributed by atoms with van der Waals surface area (Å²) >= 11 is 0. The lowest BCUT2D eigenvalue weighted by Gasteiger charge is -2.32. The Labute approximate surface area is 404 Å². The van der Waals surface area contributed by atoms with E-state index in [4.69, 9.17) is 8.83 Å². The van der Waals surface area contributed by atoms with Crippen LogP contribution in [0.1, 0.15) is 22.3 Å². The van der Waals surface area contributed by atoms with Crippen LogP contribution < -0.4 is 4.90 Å². The molecule has 11 aromatic carbocycles. The second kappa shape index (κ2) is 14.9. The fraction of sp³-hybridized carbons (Fsp3) is 0.0149. The maximum Gasteiger partial charge on any atom is 0.144 e. The third kappa shape index (κ3) is 5.52. The van der Waals surface area contributed by atoms with Gasteiger partial charge in [0.15, 0.2) is 0 Å². The maximum atomic E-state index is 7.10. The van der Waals surface area contributed by atoms with Crippen molar-refractivity contribution in [1.29, 1.82) is 0 Å². The van der Waals surface area contributed by atoms with Crippen LogP contribution in [0.25, 0.3) is 99.5 Å². The van der Waals surface area contributed by atoms with E-state index in [2.05, 4.69) is 248 Å². The lowest BCUT2D eigenvalue weighted by Crippen LogP contribution is -2.26. The van der Waals surface area contributed by atoms with Crippen LogP contribution in [0, 0.1) is 0 Å². The number of anilines is 3. The molecule has 70 heavy (non-hydrogen) atoms. The molecule has 0 saturated heterocycles. The van der Waals surface area contributed by atoms with Crippen molar-refractivity contribution in [3.63, 3.8) is 0 Å². The Kier molecular flexibility index (Phi) is 8.28. The van der Waals surface area contributed by atoms with Gasteiger partial charge in [0.2, 0.25) is 0 Å². The zero-order valence-corrected chi connectivity index (χ0v) is 37.9. The summed E-state index contributed by atoms with van der Waals surface area (Å²) in [7, 11) is 0. The van der Waals surface area contributed by atoms with Gasteiger partial charge in [-0.25, -0.2) is 0 Å². The molecule has 0 N–H and O–H groups in total. The van der Waals surface area contributed by atoms with Gasteiger partial charge < -0.3 is 13.7 Å². The fourth-order valence-corrected chi connectivity index (χ4v) is 12.1. The Morgan fingerprint density at radius 3 is 1.50 bits per heavy atom. The van der Waals surface area contributed by atoms with Crippen LogP contribution in [-0.4, -0.2) is 0 Å². The van der Waals surface area contributed by atoms with E-state index in [-0.39, 0.29) is 0 Å². The van der Waals surface area contributed by atoms with Crippen molar-refractivity contribution in [3.8, 4) is 55.6 Å². The molecule has 0 atom stereocenters. The van der Waals surface area contributed by atoms with Crippen LogP contribution in [0.5, 0.6) is 0 Å². The predicted octanol–water partition coefficient (Wildman–Crippen LogP) is 18.3. The summed E-state index contributed by atoms with van der Waals surface area (Å²) in [6, 6.07) is 90.4. The molecule has 15 rings (SSSR count). The molecule has 2 heterocycles. The van der Waals surface area contributed by atoms with E-state index < -0.39 is 5.41 Å². The number of nitrogens with zero attached hydrogens (tertiary/aromatic N) is 1. The standard InChI is InChI=1S/C67H41NO2/c1-3-17-42(18-4-1)44-21-15-23-46(37-44)64-65-54-28-10-14-32-61(54)69-63(65)41-56-55-39-48(34-36-62(55)70-66(56)64)68(47-24-16-22-45(38-47)43-19-5-2-6-20-43)49-33-35-53-52-27-9-13-31-59(52)67(60(53)40-49)57-29-11-7-25-50(57)51-26-8-12-30-58(51)67/h1-41H. The molecule has 326 valence electrons. The van der Waals surface area contributed by atoms with Crippen LogP contribution in [0.15, 0.2) is 258 Å². The smallest absolute Gasteiger partial charge is 0.144 e. The molecule has 1 spiro atoms. The Hall–Kier alpha value is -9.18. The predicted molar refractivity (Wildman–Crippen MR) is 288 cm³/mol. The number of hydrogen-bond acceptors (Lipinski definition) is 3. The summed E-state index contributed by atoms with van der Waals surface area (Å²) in [6.07, 6.45) is 0. The van der Waals surface area contributed by atoms with Crippen LogP contribution in [-0.2, 0) is 5.41 Å². The number of fused-ring (bicyclic) bond motifs is 16. The second-order valence-electron chi connectivity index (χ2n) is 18.7. The highest BCUT2D eigenvalue weighted by Crippen LogP contribution is 2.63. The number of para-hydroxylation sites is 1. The first-order valence-electron chi connectivity index (χ1n) is 24.1. The molecule has 2 aliphatic carbocycles. The molecule has 0 aliphatic heterocycles. The van der Waals surface area contributed by atoms with Crippen molar-refractivity contribution in [2.24, 2.45) is 0 Å². The summed E-state index contributed by atoms with van der Waals surface area (Å²) in [4.78, 5) is 2.43. The number of rotatable bonds is 6. The van der Waals surface area contributed by atoms with Crippen LogP contribution in [0.4, 0.5) is 17.1 Å². The summed E-state index contributed by atoms with van der Waals surface area (Å²) in [5.74, 6) is 0. The fourth-order valence-electron chi connectivity index (χ4n) is 12.1. The van der Waals surface area contributed by atoms with E-state index in [1.165, 1.54) is 50.1 Å². The van der Waals surface area contributed by atoms with Crippen LogP contribution in [0.2, 0.25) is 0 Å². The zero-order valence-electron chi connectivity index (χ0n) is 37.9. The summed E-state index contributed by atoms with van der Waals surface area (Å²) in [5, 5.41) is 4.14. The highest BCUT2D eigenvalue weighted by molar-refractivity contribution is 6.24. The lowest BCUT2D eigenvalue weighted by molar-refractivity contribution is 0.664. The summed E-state index contributed by atoms with van der Waals surface area (Å²) in [6.45, 7) is 0. The quantitative estimate of drug-likeness (QED) is 0.167. The monoisotopic (exact) mass is 891 g/mol. The third-order valence-corrected chi connectivity index (χ3v) is 15.1. The van der Waals surface area contributed by atoms with Gasteiger partial charge in [0.1, 0.15) is 22.3 Å². The van der Waals surface area contributed by atoms with Crippen molar-refractivity contribution in [3.05, 3.63) is 271 Å². The van der Waals surface area contributed by atoms with Gasteiger partial charge in [-0.05, 0) is 133 Å². The van der Waals surface area contributed by atoms with Crippen molar-refractivity contribution >= 4 is 60.9 Å². The first kappa shape index (κ1) is 38.9. The highest BCUT2D eigenvalue weighted by Gasteiger charge is 2.51. The van der Waals surface area contributed by atoms with Crippen LogP contribution >= 0.6 is 0 Å². The van der Waals surface area contributed by atoms with Gasteiger partial charge in [0.05, 0.1) is 5.41 Å². The molecule has 0 unspecified atom stereocenters. The Morgan fingerprint density at radius 1 is 0.286 bits per heavy atom. The van der Waals surface area contributed by atoms with E-state index in [0.29, 0.717) is 0 Å². The van der Waals surface area contributed by atoms with Gasteiger partial charge in [0.25, 0.3) is 0 Å². The van der Waals surface area contributed by atoms with Gasteiger partial charge in [0, 0.05) is 44.2 Å². The SMILES string of the molecule is c1ccc(-c2cccc(-c3c4oc5ccc(N(c6cccc(-c7ccccc7)c6)c6ccc7c(c6)C6(c8ccccc8-c8ccccc86)c6ccccc6-7)cc5c4cc4oc5ccccc5c34)c2)cc1. The topological polar surface area (TPSA) is 29.5 Å². The van der Waals surface area contributed by atoms with Crippen molar-refractivity contribution in [1.82, 2.24) is 0 Å². The summed E-state index contributed by atoms with van der Waals surface area (Å²) in [5.41, 5.74) is 23.1. The third-order valence-electron chi connectivity index (χ3n) is 15.1. The number of benzene rings is 11. The Morgan fingerprint density at radius 2 is 0.800 bits per heavy atom. The molecule has 0 bridgehead atoms. The van der Waals surface area contributed by atoms with E-state index in [0.717, 1.165) is 88.8 Å². The first-order valence-corrected chi connectivity index (χ1v) is 24.1. The molecule has 13 aromatic rings. The lowest BCUT2D eigenvalue weighted by atomic mass is 9.70. The summed E-state index contributed by atoms with van der Waals surface area (Å²) < 4.78 is 13.8. The molecule has 0 amide bonds. The normalized spacial score (nSPS) is 13.0. The van der Waals surface area contributed by atoms with Crippen molar-refractivity contribution in [2.75, 3.05) is 4.90 Å². The molecule has 2 aromatic heterocycles. The largest absolute Gasteiger partial charge is 0.456 e. The molecular weight excluding hydrogens is 851 g/mol. The maximum absolute atomic E-state index is 7.10. The molecule has 0 fully saturated rings. The van der Waals surface area contributed by atoms with E-state index >= 15 is 0 Å². The molecule has 0 saturated carbocycles. The van der Waals surface area contributed by atoms with Gasteiger partial charge >= 0.3 is 0 Å². The van der Waals surface area contributed by atoms with Gasteiger partial charge in [-0.1, -0.05) is 188 Å². The van der Waals surface area contributed by atoms with Gasteiger partial charge in [-0.15, -0.1) is 0 Å². The minimum Gasteiger partial charge on any atom is -0.456 e. The number of furan rings is 2. The molecular formula is C67H41NO2. The Bertz CT molecular complexity index is 4190. The molecule has 3 heteroatoms. The highest BCUT2D eigenvalue weighted by atomic mass is 16.3. The van der Waals surface area contributed by atoms with E-state index in [9.17, 15) is 0 Å². The van der Waals surface area contributed by atoms with Gasteiger partial charge in [-0.2, -0.15) is 0 Å². The minimum absolute atomic E-state index is 0.483. The first-order chi connectivity index (χ1) is 34.7. The molecule has 0 radical (unpaired) electrons. The van der Waals surface area contributed by atoms with Crippen molar-refractivity contribution < 1.29 is 8.83 Å². The molecule has 2 aliphatic rings. The van der Waals surface area contributed by atoms with Crippen molar-refractivity contribution in [2.45, 2.75) is 5.41 Å².